The zero-order valence-electron chi connectivity index (χ0n) is 14.6. The van der Waals surface area contributed by atoms with Gasteiger partial charge in [-0.25, -0.2) is 0 Å². The minimum Gasteiger partial charge on any atom is -0.489 e. The van der Waals surface area contributed by atoms with Crippen molar-refractivity contribution < 1.29 is 14.6 Å². The molecule has 1 aliphatic rings. The van der Waals surface area contributed by atoms with Crippen molar-refractivity contribution in [2.24, 2.45) is 11.8 Å². The van der Waals surface area contributed by atoms with E-state index in [1.165, 1.54) is 0 Å². The van der Waals surface area contributed by atoms with Crippen molar-refractivity contribution in [2.45, 2.75) is 26.5 Å². The van der Waals surface area contributed by atoms with Crippen LogP contribution in [0.5, 0.6) is 5.75 Å². The summed E-state index contributed by atoms with van der Waals surface area (Å²) >= 11 is 0. The maximum absolute atomic E-state index is 11.3. The van der Waals surface area contributed by atoms with Gasteiger partial charge in [0.05, 0.1) is 5.92 Å². The molecule has 1 fully saturated rings. The first kappa shape index (κ1) is 17.5. The SMILES string of the molecule is CC1CC(C(=O)O)CN(Cc2cccc(OCc3ccccc3)c2)C1. The molecule has 132 valence electrons. The van der Waals surface area contributed by atoms with Crippen molar-refractivity contribution in [2.75, 3.05) is 13.1 Å². The summed E-state index contributed by atoms with van der Waals surface area (Å²) in [6.07, 6.45) is 0.770. The Morgan fingerprint density at radius 2 is 1.88 bits per heavy atom. The highest BCUT2D eigenvalue weighted by atomic mass is 16.5. The van der Waals surface area contributed by atoms with E-state index < -0.39 is 5.97 Å². The lowest BCUT2D eigenvalue weighted by Crippen LogP contribution is -2.41. The standard InChI is InChI=1S/C21H25NO3/c1-16-10-19(21(23)24)14-22(12-16)13-18-8-5-9-20(11-18)25-15-17-6-3-2-4-7-17/h2-9,11,16,19H,10,12-15H2,1H3,(H,23,24). The van der Waals surface area contributed by atoms with E-state index in [1.54, 1.807) is 0 Å². The molecule has 0 bridgehead atoms. The average molecular weight is 339 g/mol. The van der Waals surface area contributed by atoms with Gasteiger partial charge in [0.2, 0.25) is 0 Å². The van der Waals surface area contributed by atoms with Crippen molar-refractivity contribution >= 4 is 5.97 Å². The molecule has 0 aliphatic carbocycles. The number of hydrogen-bond donors (Lipinski definition) is 1. The molecule has 2 aromatic rings. The van der Waals surface area contributed by atoms with Crippen LogP contribution in [0.25, 0.3) is 0 Å². The summed E-state index contributed by atoms with van der Waals surface area (Å²) in [6.45, 7) is 5.00. The van der Waals surface area contributed by atoms with Crippen LogP contribution in [0, 0.1) is 11.8 Å². The number of aliphatic carboxylic acids is 1. The fraction of sp³-hybridized carbons (Fsp3) is 0.381. The van der Waals surface area contributed by atoms with Crippen molar-refractivity contribution in [1.29, 1.82) is 0 Å². The van der Waals surface area contributed by atoms with Crippen molar-refractivity contribution in [3.05, 3.63) is 65.7 Å². The van der Waals surface area contributed by atoms with Crippen molar-refractivity contribution in [3.63, 3.8) is 0 Å². The maximum atomic E-state index is 11.3. The molecule has 2 unspecified atom stereocenters. The third-order valence-electron chi connectivity index (χ3n) is 4.64. The van der Waals surface area contributed by atoms with E-state index in [1.807, 2.05) is 42.5 Å². The quantitative estimate of drug-likeness (QED) is 0.869. The van der Waals surface area contributed by atoms with Gasteiger partial charge in [-0.1, -0.05) is 49.4 Å². The van der Waals surface area contributed by atoms with Gasteiger partial charge in [0, 0.05) is 19.6 Å². The monoisotopic (exact) mass is 339 g/mol. The number of hydrogen-bond acceptors (Lipinski definition) is 3. The Bertz CT molecular complexity index is 701. The van der Waals surface area contributed by atoms with Crippen LogP contribution in [-0.4, -0.2) is 29.1 Å². The Labute approximate surface area is 149 Å². The molecule has 0 amide bonds. The van der Waals surface area contributed by atoms with Gasteiger partial charge < -0.3 is 9.84 Å². The minimum atomic E-state index is -0.684. The Kier molecular flexibility index (Phi) is 5.71. The summed E-state index contributed by atoms with van der Waals surface area (Å²) < 4.78 is 5.89. The molecule has 25 heavy (non-hydrogen) atoms. The Morgan fingerprint density at radius 1 is 1.12 bits per heavy atom. The zero-order chi connectivity index (χ0) is 17.6. The lowest BCUT2D eigenvalue weighted by molar-refractivity contribution is -0.144. The summed E-state index contributed by atoms with van der Waals surface area (Å²) in [5, 5.41) is 9.32. The van der Waals surface area contributed by atoms with E-state index in [2.05, 4.69) is 24.0 Å². The highest BCUT2D eigenvalue weighted by Crippen LogP contribution is 2.24. The normalized spacial score (nSPS) is 21.0. The highest BCUT2D eigenvalue weighted by Gasteiger charge is 2.29. The molecule has 4 heteroatoms. The zero-order valence-corrected chi connectivity index (χ0v) is 14.6. The molecular weight excluding hydrogens is 314 g/mol. The Hall–Kier alpha value is -2.33. The van der Waals surface area contributed by atoms with Gasteiger partial charge in [-0.15, -0.1) is 0 Å². The van der Waals surface area contributed by atoms with E-state index in [-0.39, 0.29) is 5.92 Å². The van der Waals surface area contributed by atoms with Gasteiger partial charge in [-0.05, 0) is 35.6 Å². The van der Waals surface area contributed by atoms with Gasteiger partial charge in [-0.3, -0.25) is 9.69 Å². The molecular formula is C21H25NO3. The molecule has 0 radical (unpaired) electrons. The summed E-state index contributed by atoms with van der Waals surface area (Å²) in [5.41, 5.74) is 2.30. The number of rotatable bonds is 6. The summed E-state index contributed by atoms with van der Waals surface area (Å²) in [6, 6.07) is 18.2. The molecule has 4 nitrogen and oxygen atoms in total. The van der Waals surface area contributed by atoms with Crippen LogP contribution in [0.4, 0.5) is 0 Å². The van der Waals surface area contributed by atoms with Crippen molar-refractivity contribution in [3.8, 4) is 5.75 Å². The first-order valence-corrected chi connectivity index (χ1v) is 8.81. The minimum absolute atomic E-state index is 0.263. The first-order valence-electron chi connectivity index (χ1n) is 8.81. The molecule has 1 N–H and O–H groups in total. The molecule has 1 aliphatic heterocycles. The number of piperidine rings is 1. The molecule has 2 aromatic carbocycles. The predicted molar refractivity (Wildman–Crippen MR) is 97.4 cm³/mol. The highest BCUT2D eigenvalue weighted by molar-refractivity contribution is 5.70. The Morgan fingerprint density at radius 3 is 2.64 bits per heavy atom. The van der Waals surface area contributed by atoms with Gasteiger partial charge in [0.25, 0.3) is 0 Å². The van der Waals surface area contributed by atoms with Crippen LogP contribution in [0.2, 0.25) is 0 Å². The second-order valence-electron chi connectivity index (χ2n) is 6.99. The van der Waals surface area contributed by atoms with Crippen LogP contribution < -0.4 is 4.74 Å². The second kappa shape index (κ2) is 8.17. The van der Waals surface area contributed by atoms with E-state index in [4.69, 9.17) is 4.74 Å². The molecule has 2 atom stereocenters. The molecule has 1 saturated heterocycles. The molecule has 0 spiro atoms. The fourth-order valence-corrected chi connectivity index (χ4v) is 3.50. The number of likely N-dealkylation sites (tertiary alicyclic amines) is 1. The number of carboxylic acids is 1. The molecule has 0 saturated carbocycles. The number of nitrogens with zero attached hydrogens (tertiary/aromatic N) is 1. The van der Waals surface area contributed by atoms with Gasteiger partial charge in [-0.2, -0.15) is 0 Å². The lowest BCUT2D eigenvalue weighted by atomic mass is 9.90. The number of carbonyl (C=O) groups is 1. The topological polar surface area (TPSA) is 49.8 Å². The Balaban J connectivity index is 1.60. The second-order valence-corrected chi connectivity index (χ2v) is 6.99. The van der Waals surface area contributed by atoms with Gasteiger partial charge in [0.15, 0.2) is 0 Å². The van der Waals surface area contributed by atoms with E-state index in [0.717, 1.165) is 36.4 Å². The molecule has 1 heterocycles. The van der Waals surface area contributed by atoms with Crippen LogP contribution in [0.1, 0.15) is 24.5 Å². The van der Waals surface area contributed by atoms with E-state index in [0.29, 0.717) is 19.1 Å². The fourth-order valence-electron chi connectivity index (χ4n) is 3.50. The summed E-state index contributed by atoms with van der Waals surface area (Å²) in [4.78, 5) is 13.6. The number of ether oxygens (including phenoxy) is 1. The number of carboxylic acid groups (broad SMARTS) is 1. The summed E-state index contributed by atoms with van der Waals surface area (Å²) in [7, 11) is 0. The third-order valence-corrected chi connectivity index (χ3v) is 4.64. The first-order chi connectivity index (χ1) is 12.1. The van der Waals surface area contributed by atoms with Crippen LogP contribution in [0.3, 0.4) is 0 Å². The van der Waals surface area contributed by atoms with Crippen molar-refractivity contribution in [1.82, 2.24) is 4.90 Å². The van der Waals surface area contributed by atoms with Crippen LogP contribution >= 0.6 is 0 Å². The van der Waals surface area contributed by atoms with E-state index in [9.17, 15) is 9.90 Å². The van der Waals surface area contributed by atoms with Gasteiger partial charge >= 0.3 is 5.97 Å². The average Bonchev–Trinajstić information content (AvgIpc) is 2.61. The van der Waals surface area contributed by atoms with Gasteiger partial charge in [0.1, 0.15) is 12.4 Å². The smallest absolute Gasteiger partial charge is 0.307 e. The van der Waals surface area contributed by atoms with E-state index >= 15 is 0 Å². The van der Waals surface area contributed by atoms with Crippen LogP contribution in [0.15, 0.2) is 54.6 Å². The molecule has 3 rings (SSSR count). The number of benzene rings is 2. The molecule has 0 aromatic heterocycles. The predicted octanol–water partition coefficient (Wildman–Crippen LogP) is 3.81. The maximum Gasteiger partial charge on any atom is 0.307 e. The third kappa shape index (κ3) is 5.07. The largest absolute Gasteiger partial charge is 0.489 e. The van der Waals surface area contributed by atoms with Crippen LogP contribution in [-0.2, 0) is 17.9 Å². The summed E-state index contributed by atoms with van der Waals surface area (Å²) in [5.74, 6) is 0.311. The lowest BCUT2D eigenvalue weighted by Gasteiger charge is -2.34.